The Morgan fingerprint density at radius 2 is 2.44 bits per heavy atom. The molecule has 1 saturated heterocycles. The quantitative estimate of drug-likeness (QED) is 0.442. The van der Waals surface area contributed by atoms with Crippen LogP contribution < -0.4 is 16.2 Å². The molecule has 1 amide bonds. The van der Waals surface area contributed by atoms with E-state index in [1.165, 1.54) is 11.2 Å². The van der Waals surface area contributed by atoms with Gasteiger partial charge in [0.25, 0.3) is 5.56 Å². The van der Waals surface area contributed by atoms with Crippen molar-refractivity contribution in [1.29, 1.82) is 0 Å². The Hall–Kier alpha value is -2.54. The van der Waals surface area contributed by atoms with Crippen LogP contribution in [0.2, 0.25) is 0 Å². The number of carbonyl (C=O) groups is 1. The highest BCUT2D eigenvalue weighted by Gasteiger charge is 2.32. The van der Waals surface area contributed by atoms with E-state index in [1.54, 1.807) is 0 Å². The van der Waals surface area contributed by atoms with Crippen LogP contribution in [-0.4, -0.2) is 29.0 Å². The van der Waals surface area contributed by atoms with Crippen LogP contribution in [0.3, 0.4) is 0 Å². The Morgan fingerprint density at radius 1 is 1.67 bits per heavy atom. The molecule has 3 N–H and O–H groups in total. The van der Waals surface area contributed by atoms with Crippen LogP contribution in [0.1, 0.15) is 6.42 Å². The number of rotatable bonds is 3. The average Bonchev–Trinajstić information content (AvgIpc) is 2.68. The molecule has 0 radical (unpaired) electrons. The van der Waals surface area contributed by atoms with Gasteiger partial charge in [-0.05, 0) is 11.4 Å². The lowest BCUT2D eigenvalue weighted by Gasteiger charge is -2.16. The molecule has 1 aromatic rings. The average molecular weight is 249 g/mol. The highest BCUT2D eigenvalue weighted by atomic mass is 16.2. The molecule has 0 bridgehead atoms. The summed E-state index contributed by atoms with van der Waals surface area (Å²) in [6.45, 7) is 0.521. The molecule has 0 aliphatic carbocycles. The van der Waals surface area contributed by atoms with Gasteiger partial charge in [0.1, 0.15) is 0 Å². The molecule has 1 fully saturated rings. The van der Waals surface area contributed by atoms with Crippen LogP contribution in [0, 0.1) is 5.92 Å². The number of aromatic amines is 1. The van der Waals surface area contributed by atoms with Crippen LogP contribution in [0.25, 0.3) is 10.4 Å². The van der Waals surface area contributed by atoms with Crippen molar-refractivity contribution in [2.75, 3.05) is 23.7 Å². The van der Waals surface area contributed by atoms with E-state index in [0.29, 0.717) is 6.54 Å². The standard InChI is InChI=1S/C9H11N7O2/c10-8-7(9(18)13-4-12-8)16-3-5(1-6(16)17)2-14-15-11/h4-5H,1-3H2,(H3,10,12,13,18). The maximum Gasteiger partial charge on any atom is 0.276 e. The van der Waals surface area contributed by atoms with Crippen LogP contribution >= 0.6 is 0 Å². The topological polar surface area (TPSA) is 141 Å². The van der Waals surface area contributed by atoms with E-state index in [4.69, 9.17) is 11.3 Å². The van der Waals surface area contributed by atoms with E-state index < -0.39 is 5.56 Å². The first kappa shape index (κ1) is 11.9. The van der Waals surface area contributed by atoms with Gasteiger partial charge < -0.3 is 15.6 Å². The SMILES string of the molecule is [N-]=[N+]=NCC1CC(=O)N(c2c(N)nc[nH]c2=O)C1. The number of aromatic nitrogens is 2. The molecule has 0 saturated carbocycles. The molecule has 1 unspecified atom stereocenters. The first-order valence-electron chi connectivity index (χ1n) is 5.28. The molecule has 1 aliphatic heterocycles. The fraction of sp³-hybridized carbons (Fsp3) is 0.444. The summed E-state index contributed by atoms with van der Waals surface area (Å²) < 4.78 is 0. The number of carbonyl (C=O) groups excluding carboxylic acids is 1. The number of nitrogens with two attached hydrogens (primary N) is 1. The van der Waals surface area contributed by atoms with Crippen LogP contribution in [0.4, 0.5) is 11.5 Å². The molecule has 1 aromatic heterocycles. The lowest BCUT2D eigenvalue weighted by atomic mass is 10.1. The van der Waals surface area contributed by atoms with Crippen molar-refractivity contribution < 1.29 is 4.79 Å². The second-order valence-electron chi connectivity index (χ2n) is 3.95. The van der Waals surface area contributed by atoms with Crippen molar-refractivity contribution in [2.24, 2.45) is 11.0 Å². The third kappa shape index (κ3) is 2.11. The molecule has 1 atom stereocenters. The van der Waals surface area contributed by atoms with Crippen LogP contribution in [-0.2, 0) is 4.79 Å². The van der Waals surface area contributed by atoms with E-state index in [-0.39, 0.29) is 36.3 Å². The molecular weight excluding hydrogens is 238 g/mol. The van der Waals surface area contributed by atoms with E-state index in [1.807, 2.05) is 0 Å². The van der Waals surface area contributed by atoms with Crippen molar-refractivity contribution in [3.8, 4) is 0 Å². The Balaban J connectivity index is 2.27. The minimum absolute atomic E-state index is 0.0107. The highest BCUT2D eigenvalue weighted by molar-refractivity contribution is 5.97. The predicted octanol–water partition coefficient (Wildman–Crippen LogP) is 0.0153. The normalized spacial score (nSPS) is 18.8. The minimum Gasteiger partial charge on any atom is -0.382 e. The summed E-state index contributed by atoms with van der Waals surface area (Å²) in [5.74, 6) is -0.317. The number of nitrogens with one attached hydrogen (secondary N) is 1. The minimum atomic E-state index is -0.458. The smallest absolute Gasteiger partial charge is 0.276 e. The lowest BCUT2D eigenvalue weighted by molar-refractivity contribution is -0.117. The second kappa shape index (κ2) is 4.76. The largest absolute Gasteiger partial charge is 0.382 e. The number of azide groups is 1. The number of hydrogen-bond acceptors (Lipinski definition) is 5. The monoisotopic (exact) mass is 249 g/mol. The summed E-state index contributed by atoms with van der Waals surface area (Å²) in [5, 5.41) is 3.43. The van der Waals surface area contributed by atoms with Gasteiger partial charge in [-0.1, -0.05) is 5.11 Å². The lowest BCUT2D eigenvalue weighted by Crippen LogP contribution is -2.32. The van der Waals surface area contributed by atoms with Gasteiger partial charge in [0.2, 0.25) is 5.91 Å². The van der Waals surface area contributed by atoms with Gasteiger partial charge in [-0.3, -0.25) is 9.59 Å². The molecular formula is C9H11N7O2. The molecule has 18 heavy (non-hydrogen) atoms. The van der Waals surface area contributed by atoms with Gasteiger partial charge in [-0.25, -0.2) is 4.98 Å². The van der Waals surface area contributed by atoms with Crippen LogP contribution in [0.5, 0.6) is 0 Å². The second-order valence-corrected chi connectivity index (χ2v) is 3.95. The van der Waals surface area contributed by atoms with Crippen molar-refractivity contribution >= 4 is 17.4 Å². The Labute approximate surface area is 101 Å². The van der Waals surface area contributed by atoms with Gasteiger partial charge >= 0.3 is 0 Å². The van der Waals surface area contributed by atoms with Crippen molar-refractivity contribution in [3.05, 3.63) is 27.1 Å². The summed E-state index contributed by atoms with van der Waals surface area (Å²) in [7, 11) is 0. The van der Waals surface area contributed by atoms with E-state index in [2.05, 4.69) is 20.0 Å². The molecule has 2 heterocycles. The maximum atomic E-state index is 11.8. The van der Waals surface area contributed by atoms with Gasteiger partial charge in [0, 0.05) is 24.4 Å². The number of nitrogens with zero attached hydrogens (tertiary/aromatic N) is 5. The van der Waals surface area contributed by atoms with E-state index >= 15 is 0 Å². The summed E-state index contributed by atoms with van der Waals surface area (Å²) >= 11 is 0. The molecule has 94 valence electrons. The van der Waals surface area contributed by atoms with Crippen molar-refractivity contribution in [2.45, 2.75) is 6.42 Å². The summed E-state index contributed by atoms with van der Waals surface area (Å²) in [5.41, 5.74) is 13.4. The zero-order valence-corrected chi connectivity index (χ0v) is 9.41. The first-order chi connectivity index (χ1) is 8.63. The van der Waals surface area contributed by atoms with E-state index in [9.17, 15) is 9.59 Å². The predicted molar refractivity (Wildman–Crippen MR) is 63.7 cm³/mol. The van der Waals surface area contributed by atoms with Gasteiger partial charge in [0.15, 0.2) is 11.5 Å². The zero-order chi connectivity index (χ0) is 13.1. The van der Waals surface area contributed by atoms with E-state index in [0.717, 1.165) is 0 Å². The molecule has 0 spiro atoms. The maximum absolute atomic E-state index is 11.8. The highest BCUT2D eigenvalue weighted by Crippen LogP contribution is 2.25. The third-order valence-electron chi connectivity index (χ3n) is 2.74. The van der Waals surface area contributed by atoms with Crippen LogP contribution in [0.15, 0.2) is 16.2 Å². The molecule has 2 rings (SSSR count). The Morgan fingerprint density at radius 3 is 3.11 bits per heavy atom. The fourth-order valence-corrected chi connectivity index (χ4v) is 1.94. The van der Waals surface area contributed by atoms with Gasteiger partial charge in [0.05, 0.1) is 6.33 Å². The first-order valence-corrected chi connectivity index (χ1v) is 5.28. The summed E-state index contributed by atoms with van der Waals surface area (Å²) in [6.07, 6.45) is 1.41. The molecule has 9 nitrogen and oxygen atoms in total. The number of hydrogen-bond donors (Lipinski definition) is 2. The molecule has 9 heteroatoms. The summed E-state index contributed by atoms with van der Waals surface area (Å²) in [6, 6.07) is 0. The fourth-order valence-electron chi connectivity index (χ4n) is 1.94. The number of H-pyrrole nitrogens is 1. The van der Waals surface area contributed by atoms with Crippen molar-refractivity contribution in [1.82, 2.24) is 9.97 Å². The Kier molecular flexibility index (Phi) is 3.16. The number of amides is 1. The zero-order valence-electron chi connectivity index (χ0n) is 9.41. The third-order valence-corrected chi connectivity index (χ3v) is 2.74. The number of nitrogen functional groups attached to an aromatic ring is 1. The van der Waals surface area contributed by atoms with Crippen molar-refractivity contribution in [3.63, 3.8) is 0 Å². The summed E-state index contributed by atoms with van der Waals surface area (Å²) in [4.78, 5) is 33.5. The molecule has 1 aliphatic rings. The Bertz CT molecular complexity index is 575. The van der Waals surface area contributed by atoms with Gasteiger partial charge in [-0.15, -0.1) is 0 Å². The molecule has 0 aromatic carbocycles. The van der Waals surface area contributed by atoms with Gasteiger partial charge in [-0.2, -0.15) is 0 Å². The number of anilines is 2.